The standard InChI is InChI=1S/C20H27N3O2/c1-21-10-4-8-20(15-24)9-12-23(13-18(20)21)19(25)14-22-11-7-16-5-2-3-6-17(16)22/h2-3,5-7,11,18,24H,4,8-10,12-15H2,1H3/t18-,20-/m1/s1. The number of rotatable bonds is 3. The fourth-order valence-electron chi connectivity index (χ4n) is 4.77. The van der Waals surface area contributed by atoms with Crippen molar-refractivity contribution in [1.29, 1.82) is 0 Å². The van der Waals surface area contributed by atoms with E-state index in [1.165, 1.54) is 5.39 Å². The van der Waals surface area contributed by atoms with E-state index < -0.39 is 0 Å². The van der Waals surface area contributed by atoms with Gasteiger partial charge in [0.25, 0.3) is 0 Å². The van der Waals surface area contributed by atoms with Gasteiger partial charge in [-0.25, -0.2) is 0 Å². The number of aliphatic hydroxyl groups excluding tert-OH is 1. The van der Waals surface area contributed by atoms with Crippen molar-refractivity contribution in [2.45, 2.75) is 31.8 Å². The molecule has 2 aliphatic heterocycles. The number of likely N-dealkylation sites (tertiary alicyclic amines) is 2. The third-order valence-electron chi connectivity index (χ3n) is 6.35. The Morgan fingerprint density at radius 3 is 2.92 bits per heavy atom. The quantitative estimate of drug-likeness (QED) is 0.928. The van der Waals surface area contributed by atoms with Crippen molar-refractivity contribution in [2.75, 3.05) is 33.3 Å². The van der Waals surface area contributed by atoms with E-state index in [4.69, 9.17) is 0 Å². The van der Waals surface area contributed by atoms with Crippen LogP contribution in [0.1, 0.15) is 19.3 Å². The van der Waals surface area contributed by atoms with Crippen molar-refractivity contribution in [2.24, 2.45) is 5.41 Å². The van der Waals surface area contributed by atoms with Crippen molar-refractivity contribution < 1.29 is 9.90 Å². The topological polar surface area (TPSA) is 48.7 Å². The molecule has 1 aromatic carbocycles. The maximum atomic E-state index is 12.9. The Hall–Kier alpha value is -1.85. The zero-order chi connectivity index (χ0) is 17.4. The number of hydrogen-bond donors (Lipinski definition) is 1. The number of piperidine rings is 2. The number of aliphatic hydroxyl groups is 1. The molecule has 4 rings (SSSR count). The number of likely N-dealkylation sites (N-methyl/N-ethyl adjacent to an activating group) is 1. The van der Waals surface area contributed by atoms with Crippen molar-refractivity contribution >= 4 is 16.8 Å². The summed E-state index contributed by atoms with van der Waals surface area (Å²) in [6.45, 7) is 3.15. The minimum Gasteiger partial charge on any atom is -0.396 e. The molecule has 0 spiro atoms. The highest BCUT2D eigenvalue weighted by atomic mass is 16.3. The number of benzene rings is 1. The molecule has 0 aliphatic carbocycles. The lowest BCUT2D eigenvalue weighted by atomic mass is 9.69. The number of hydrogen-bond acceptors (Lipinski definition) is 3. The van der Waals surface area contributed by atoms with Crippen LogP contribution in [-0.2, 0) is 11.3 Å². The molecule has 0 unspecified atom stereocenters. The highest BCUT2D eigenvalue weighted by molar-refractivity contribution is 5.83. The molecule has 5 nitrogen and oxygen atoms in total. The Morgan fingerprint density at radius 2 is 2.08 bits per heavy atom. The lowest BCUT2D eigenvalue weighted by Crippen LogP contribution is -2.62. The molecule has 1 amide bonds. The Bertz CT molecular complexity index is 771. The first kappa shape index (κ1) is 16.6. The summed E-state index contributed by atoms with van der Waals surface area (Å²) >= 11 is 0. The van der Waals surface area contributed by atoms with Crippen LogP contribution in [0.4, 0.5) is 0 Å². The van der Waals surface area contributed by atoms with E-state index in [0.29, 0.717) is 6.54 Å². The van der Waals surface area contributed by atoms with Gasteiger partial charge in [0, 0.05) is 36.3 Å². The second-order valence-corrected chi connectivity index (χ2v) is 7.71. The maximum Gasteiger partial charge on any atom is 0.242 e. The van der Waals surface area contributed by atoms with E-state index in [0.717, 1.165) is 44.4 Å². The maximum absolute atomic E-state index is 12.9. The van der Waals surface area contributed by atoms with Gasteiger partial charge in [0.05, 0.1) is 6.61 Å². The molecule has 5 heteroatoms. The minimum atomic E-state index is -0.0239. The molecule has 0 bridgehead atoms. The number of aromatic nitrogens is 1. The van der Waals surface area contributed by atoms with E-state index in [-0.39, 0.29) is 24.0 Å². The van der Waals surface area contributed by atoms with Crippen LogP contribution >= 0.6 is 0 Å². The summed E-state index contributed by atoms with van der Waals surface area (Å²) in [5.74, 6) is 0.173. The number of carbonyl (C=O) groups excluding carboxylic acids is 1. The van der Waals surface area contributed by atoms with E-state index in [9.17, 15) is 9.90 Å². The van der Waals surface area contributed by atoms with E-state index in [1.54, 1.807) is 0 Å². The van der Waals surface area contributed by atoms with Crippen molar-refractivity contribution in [3.05, 3.63) is 36.5 Å². The van der Waals surface area contributed by atoms with Gasteiger partial charge >= 0.3 is 0 Å². The summed E-state index contributed by atoms with van der Waals surface area (Å²) in [4.78, 5) is 17.2. The Morgan fingerprint density at radius 1 is 1.24 bits per heavy atom. The van der Waals surface area contributed by atoms with Crippen LogP contribution in [0.15, 0.2) is 36.5 Å². The summed E-state index contributed by atoms with van der Waals surface area (Å²) in [6, 6.07) is 10.5. The normalized spacial score (nSPS) is 27.4. The molecule has 25 heavy (non-hydrogen) atoms. The third-order valence-corrected chi connectivity index (χ3v) is 6.35. The molecule has 0 radical (unpaired) electrons. The summed E-state index contributed by atoms with van der Waals surface area (Å²) in [5.41, 5.74) is 1.08. The molecule has 2 saturated heterocycles. The SMILES string of the molecule is CN1CCC[C@]2(CO)CCN(C(=O)Cn3ccc4ccccc43)C[C@@H]12. The van der Waals surface area contributed by atoms with Crippen molar-refractivity contribution in [3.8, 4) is 0 Å². The molecule has 2 aromatic rings. The van der Waals surface area contributed by atoms with Crippen LogP contribution in [0.5, 0.6) is 0 Å². The van der Waals surface area contributed by atoms with Gasteiger partial charge in [0.1, 0.15) is 6.54 Å². The predicted molar refractivity (Wildman–Crippen MR) is 98.3 cm³/mol. The van der Waals surface area contributed by atoms with Gasteiger partial charge in [-0.2, -0.15) is 0 Å². The largest absolute Gasteiger partial charge is 0.396 e. The van der Waals surface area contributed by atoms with Gasteiger partial charge in [-0.1, -0.05) is 18.2 Å². The van der Waals surface area contributed by atoms with Gasteiger partial charge < -0.3 is 19.5 Å². The first-order valence-corrected chi connectivity index (χ1v) is 9.26. The third kappa shape index (κ3) is 2.85. The number of nitrogens with zero attached hydrogens (tertiary/aromatic N) is 3. The Balaban J connectivity index is 1.50. The van der Waals surface area contributed by atoms with Gasteiger partial charge in [-0.05, 0) is 50.4 Å². The summed E-state index contributed by atoms with van der Waals surface area (Å²) in [6.07, 6.45) is 5.10. The second kappa shape index (κ2) is 6.46. The molecule has 2 aliphatic rings. The Kier molecular flexibility index (Phi) is 4.29. The highest BCUT2D eigenvalue weighted by Gasteiger charge is 2.47. The zero-order valence-corrected chi connectivity index (χ0v) is 14.9. The van der Waals surface area contributed by atoms with Crippen LogP contribution in [-0.4, -0.2) is 64.7 Å². The predicted octanol–water partition coefficient (Wildman–Crippen LogP) is 1.95. The number of fused-ring (bicyclic) bond motifs is 2. The van der Waals surface area contributed by atoms with Gasteiger partial charge in [-0.3, -0.25) is 4.79 Å². The smallest absolute Gasteiger partial charge is 0.242 e. The first-order chi connectivity index (χ1) is 12.1. The summed E-state index contributed by atoms with van der Waals surface area (Å²) < 4.78 is 2.04. The summed E-state index contributed by atoms with van der Waals surface area (Å²) in [5, 5.41) is 11.2. The van der Waals surface area contributed by atoms with Crippen molar-refractivity contribution in [3.63, 3.8) is 0 Å². The second-order valence-electron chi connectivity index (χ2n) is 7.71. The first-order valence-electron chi connectivity index (χ1n) is 9.26. The van der Waals surface area contributed by atoms with Crippen LogP contribution in [0.3, 0.4) is 0 Å². The number of amides is 1. The molecule has 2 fully saturated rings. The number of carbonyl (C=O) groups is 1. The molecule has 3 heterocycles. The molecule has 1 aromatic heterocycles. The van der Waals surface area contributed by atoms with Crippen molar-refractivity contribution in [1.82, 2.24) is 14.4 Å². The van der Waals surface area contributed by atoms with Crippen LogP contribution in [0.25, 0.3) is 10.9 Å². The average Bonchev–Trinajstić information content (AvgIpc) is 3.05. The van der Waals surface area contributed by atoms with Gasteiger partial charge in [0.2, 0.25) is 5.91 Å². The minimum absolute atomic E-state index is 0.0239. The fourth-order valence-corrected chi connectivity index (χ4v) is 4.77. The summed E-state index contributed by atoms with van der Waals surface area (Å²) in [7, 11) is 2.13. The average molecular weight is 341 g/mol. The van der Waals surface area contributed by atoms with Crippen LogP contribution in [0, 0.1) is 5.41 Å². The molecular formula is C20H27N3O2. The van der Waals surface area contributed by atoms with E-state index >= 15 is 0 Å². The van der Waals surface area contributed by atoms with Gasteiger partial charge in [0.15, 0.2) is 0 Å². The van der Waals surface area contributed by atoms with Crippen LogP contribution < -0.4 is 0 Å². The molecular weight excluding hydrogens is 314 g/mol. The van der Waals surface area contributed by atoms with Gasteiger partial charge in [-0.15, -0.1) is 0 Å². The zero-order valence-electron chi connectivity index (χ0n) is 14.9. The lowest BCUT2D eigenvalue weighted by molar-refractivity contribution is -0.140. The molecule has 2 atom stereocenters. The highest BCUT2D eigenvalue weighted by Crippen LogP contribution is 2.41. The molecule has 1 N–H and O–H groups in total. The molecule has 134 valence electrons. The van der Waals surface area contributed by atoms with E-state index in [2.05, 4.69) is 30.1 Å². The fraction of sp³-hybridized carbons (Fsp3) is 0.550. The Labute approximate surface area is 148 Å². The van der Waals surface area contributed by atoms with Crippen LogP contribution in [0.2, 0.25) is 0 Å². The number of para-hydroxylation sites is 1. The molecule has 0 saturated carbocycles. The monoisotopic (exact) mass is 341 g/mol. The van der Waals surface area contributed by atoms with E-state index in [1.807, 2.05) is 27.8 Å². The lowest BCUT2D eigenvalue weighted by Gasteiger charge is -2.53.